The van der Waals surface area contributed by atoms with Gasteiger partial charge in [-0.15, -0.1) is 0 Å². The molecule has 0 saturated carbocycles. The second-order valence-corrected chi connectivity index (χ2v) is 2.94. The molecule has 0 bridgehead atoms. The molecule has 4 N–H and O–H groups in total. The lowest BCUT2D eigenvalue weighted by Gasteiger charge is -2.10. The minimum absolute atomic E-state index is 0.254. The summed E-state index contributed by atoms with van der Waals surface area (Å²) < 4.78 is 18.4. The van der Waals surface area contributed by atoms with Gasteiger partial charge in [0, 0.05) is 12.6 Å². The summed E-state index contributed by atoms with van der Waals surface area (Å²) in [7, 11) is 1.51. The summed E-state index contributed by atoms with van der Waals surface area (Å²) in [6, 6.07) is 4.37. The molecule has 0 radical (unpaired) electrons. The normalized spacial score (nSPS) is 11.1. The van der Waals surface area contributed by atoms with Crippen molar-refractivity contribution in [1.29, 1.82) is 0 Å². The average Bonchev–Trinajstić information content (AvgIpc) is 2.31. The highest BCUT2D eigenvalue weighted by Crippen LogP contribution is 2.20. The third-order valence-corrected chi connectivity index (χ3v) is 1.88. The van der Waals surface area contributed by atoms with Gasteiger partial charge < -0.3 is 10.1 Å². The maximum atomic E-state index is 13.4. The third kappa shape index (κ3) is 3.09. The van der Waals surface area contributed by atoms with E-state index in [9.17, 15) is 4.39 Å². The van der Waals surface area contributed by atoms with E-state index in [1.807, 2.05) is 6.92 Å². The van der Waals surface area contributed by atoms with Crippen LogP contribution in [0.15, 0.2) is 23.2 Å². The summed E-state index contributed by atoms with van der Waals surface area (Å²) in [5.41, 5.74) is 2.60. The number of hydrazine groups is 1. The molecule has 0 saturated heterocycles. The molecular weight excluding hydrogens is 211 g/mol. The Labute approximate surface area is 93.5 Å². The van der Waals surface area contributed by atoms with E-state index in [-0.39, 0.29) is 5.69 Å². The molecule has 1 aromatic rings. The molecule has 88 valence electrons. The summed E-state index contributed by atoms with van der Waals surface area (Å²) in [5.74, 6) is 5.68. The minimum atomic E-state index is -0.403. The van der Waals surface area contributed by atoms with Crippen LogP contribution in [0.3, 0.4) is 0 Å². The van der Waals surface area contributed by atoms with E-state index in [0.717, 1.165) is 0 Å². The molecule has 16 heavy (non-hydrogen) atoms. The van der Waals surface area contributed by atoms with Crippen LogP contribution in [0.1, 0.15) is 6.92 Å². The Bertz CT molecular complexity index is 381. The molecule has 6 heteroatoms. The lowest BCUT2D eigenvalue weighted by atomic mass is 10.3. The van der Waals surface area contributed by atoms with Crippen molar-refractivity contribution in [2.75, 3.05) is 19.0 Å². The molecule has 0 atom stereocenters. The fraction of sp³-hybridized carbons (Fsp3) is 0.300. The Balaban J connectivity index is 2.90. The van der Waals surface area contributed by atoms with Gasteiger partial charge in [-0.1, -0.05) is 0 Å². The molecule has 0 unspecified atom stereocenters. The first-order chi connectivity index (χ1) is 7.71. The van der Waals surface area contributed by atoms with Crippen molar-refractivity contribution in [1.82, 2.24) is 5.43 Å². The number of ether oxygens (including phenoxy) is 1. The van der Waals surface area contributed by atoms with Crippen LogP contribution in [0.5, 0.6) is 5.75 Å². The van der Waals surface area contributed by atoms with Crippen LogP contribution in [0.4, 0.5) is 10.1 Å². The van der Waals surface area contributed by atoms with Gasteiger partial charge in [0.15, 0.2) is 0 Å². The molecule has 0 aliphatic heterocycles. The van der Waals surface area contributed by atoms with Gasteiger partial charge in [0.25, 0.3) is 0 Å². The highest BCUT2D eigenvalue weighted by Gasteiger charge is 2.05. The van der Waals surface area contributed by atoms with E-state index in [0.29, 0.717) is 18.3 Å². The maximum Gasteiger partial charge on any atom is 0.210 e. The summed E-state index contributed by atoms with van der Waals surface area (Å²) >= 11 is 0. The highest BCUT2D eigenvalue weighted by molar-refractivity contribution is 5.93. The van der Waals surface area contributed by atoms with Gasteiger partial charge in [0.1, 0.15) is 11.6 Å². The van der Waals surface area contributed by atoms with Crippen LogP contribution in [0, 0.1) is 5.82 Å². The predicted molar refractivity (Wildman–Crippen MR) is 61.9 cm³/mol. The molecule has 0 aromatic heterocycles. The maximum absolute atomic E-state index is 13.4. The number of nitrogens with two attached hydrogens (primary N) is 1. The summed E-state index contributed by atoms with van der Waals surface area (Å²) in [6.07, 6.45) is 0. The van der Waals surface area contributed by atoms with Crippen molar-refractivity contribution in [2.45, 2.75) is 6.92 Å². The first-order valence-electron chi connectivity index (χ1n) is 4.83. The van der Waals surface area contributed by atoms with Crippen LogP contribution in [0.25, 0.3) is 0 Å². The van der Waals surface area contributed by atoms with Crippen molar-refractivity contribution in [3.05, 3.63) is 24.0 Å². The zero-order valence-electron chi connectivity index (χ0n) is 9.25. The van der Waals surface area contributed by atoms with Crippen LogP contribution in [-0.2, 0) is 0 Å². The predicted octanol–water partition coefficient (Wildman–Crippen LogP) is 1.09. The summed E-state index contributed by atoms with van der Waals surface area (Å²) in [5, 5.41) is 2.73. The van der Waals surface area contributed by atoms with E-state index >= 15 is 0 Å². The van der Waals surface area contributed by atoms with Gasteiger partial charge in [-0.25, -0.2) is 10.2 Å². The van der Waals surface area contributed by atoms with E-state index in [1.54, 1.807) is 0 Å². The Kier molecular flexibility index (Phi) is 4.53. The Morgan fingerprint density at radius 2 is 2.31 bits per heavy atom. The zero-order chi connectivity index (χ0) is 12.0. The number of guanidine groups is 1. The zero-order valence-corrected chi connectivity index (χ0v) is 9.25. The number of benzene rings is 1. The molecular formula is C10H15FN4O. The molecule has 0 spiro atoms. The topological polar surface area (TPSA) is 71.7 Å². The number of rotatable bonds is 3. The highest BCUT2D eigenvalue weighted by atomic mass is 19.1. The summed E-state index contributed by atoms with van der Waals surface area (Å²) in [6.45, 7) is 2.39. The molecule has 5 nitrogen and oxygen atoms in total. The first-order valence-corrected chi connectivity index (χ1v) is 4.83. The summed E-state index contributed by atoms with van der Waals surface area (Å²) in [4.78, 5) is 4.00. The van der Waals surface area contributed by atoms with Crippen molar-refractivity contribution >= 4 is 11.6 Å². The minimum Gasteiger partial charge on any atom is -0.497 e. The van der Waals surface area contributed by atoms with Crippen LogP contribution in [-0.4, -0.2) is 19.6 Å². The number of hydrogen-bond acceptors (Lipinski definition) is 3. The number of methoxy groups -OCH3 is 1. The van der Waals surface area contributed by atoms with E-state index in [2.05, 4.69) is 15.7 Å². The second kappa shape index (κ2) is 5.92. The van der Waals surface area contributed by atoms with Gasteiger partial charge in [0.2, 0.25) is 5.96 Å². The van der Waals surface area contributed by atoms with Gasteiger partial charge >= 0.3 is 0 Å². The lowest BCUT2D eigenvalue weighted by molar-refractivity contribution is 0.414. The van der Waals surface area contributed by atoms with Gasteiger partial charge in [-0.3, -0.25) is 10.4 Å². The van der Waals surface area contributed by atoms with Crippen molar-refractivity contribution < 1.29 is 9.13 Å². The smallest absolute Gasteiger partial charge is 0.210 e. The van der Waals surface area contributed by atoms with Crippen LogP contribution >= 0.6 is 0 Å². The number of aliphatic imine (C=N–C) groups is 1. The number of halogens is 1. The number of nitrogens with zero attached hydrogens (tertiary/aromatic N) is 1. The first kappa shape index (κ1) is 12.3. The van der Waals surface area contributed by atoms with E-state index < -0.39 is 5.82 Å². The van der Waals surface area contributed by atoms with E-state index in [1.165, 1.54) is 25.3 Å². The standard InChI is InChI=1S/C10H15FN4O/c1-3-13-10(15-12)14-9-6-7(16-2)4-5-8(9)11/h4-6H,3,12H2,1-2H3,(H2,13,14,15). The molecule has 0 aliphatic rings. The van der Waals surface area contributed by atoms with E-state index in [4.69, 9.17) is 10.6 Å². The molecule has 0 heterocycles. The van der Waals surface area contributed by atoms with Crippen molar-refractivity contribution in [3.8, 4) is 5.75 Å². The molecule has 1 rings (SSSR count). The van der Waals surface area contributed by atoms with Crippen molar-refractivity contribution in [3.63, 3.8) is 0 Å². The van der Waals surface area contributed by atoms with Crippen LogP contribution < -0.4 is 21.3 Å². The second-order valence-electron chi connectivity index (χ2n) is 2.94. The molecule has 0 amide bonds. The van der Waals surface area contributed by atoms with Gasteiger partial charge in [-0.2, -0.15) is 0 Å². The average molecular weight is 226 g/mol. The Hall–Kier alpha value is -1.82. The Morgan fingerprint density at radius 3 is 2.88 bits per heavy atom. The van der Waals surface area contributed by atoms with Crippen molar-refractivity contribution in [2.24, 2.45) is 10.8 Å². The third-order valence-electron chi connectivity index (χ3n) is 1.88. The molecule has 0 aliphatic carbocycles. The number of hydrogen-bond donors (Lipinski definition) is 3. The number of nitrogens with one attached hydrogen (secondary N) is 2. The lowest BCUT2D eigenvalue weighted by Crippen LogP contribution is -2.36. The fourth-order valence-electron chi connectivity index (χ4n) is 1.13. The fourth-order valence-corrected chi connectivity index (χ4v) is 1.13. The van der Waals surface area contributed by atoms with Gasteiger partial charge in [-0.05, 0) is 19.1 Å². The Morgan fingerprint density at radius 1 is 1.56 bits per heavy atom. The van der Waals surface area contributed by atoms with Gasteiger partial charge in [0.05, 0.1) is 12.8 Å². The SMILES string of the molecule is CCN=C(NN)Nc1cc(OC)ccc1F. The quantitative estimate of drug-likeness (QED) is 0.312. The monoisotopic (exact) mass is 226 g/mol. The number of anilines is 1. The van der Waals surface area contributed by atoms with Crippen LogP contribution in [0.2, 0.25) is 0 Å². The largest absolute Gasteiger partial charge is 0.497 e. The molecule has 0 fully saturated rings. The molecule has 1 aromatic carbocycles.